The summed E-state index contributed by atoms with van der Waals surface area (Å²) in [6, 6.07) is 5.31. The fourth-order valence-corrected chi connectivity index (χ4v) is 7.65. The molecule has 3 N–H and O–H groups in total. The van der Waals surface area contributed by atoms with Gasteiger partial charge < -0.3 is 14.8 Å². The number of hydrogen-bond acceptors (Lipinski definition) is 8. The van der Waals surface area contributed by atoms with Gasteiger partial charge in [-0.1, -0.05) is 6.07 Å². The normalized spacial score (nSPS) is 21.4. The molecule has 2 saturated carbocycles. The van der Waals surface area contributed by atoms with Crippen molar-refractivity contribution in [1.82, 2.24) is 10.3 Å². The lowest BCUT2D eigenvalue weighted by atomic mass is 9.86. The molecule has 2 fully saturated rings. The summed E-state index contributed by atoms with van der Waals surface area (Å²) in [7, 11) is -3.03. The molecule has 1 heterocycles. The van der Waals surface area contributed by atoms with Gasteiger partial charge >= 0.3 is 12.2 Å². The van der Waals surface area contributed by atoms with Crippen LogP contribution in [0.25, 0.3) is 10.4 Å². The highest BCUT2D eigenvalue weighted by Crippen LogP contribution is 2.43. The van der Waals surface area contributed by atoms with Crippen molar-refractivity contribution in [3.8, 4) is 10.4 Å². The third-order valence-electron chi connectivity index (χ3n) is 6.42. The Hall–Kier alpha value is -2.66. The van der Waals surface area contributed by atoms with Crippen LogP contribution in [0.5, 0.6) is 0 Å². The third kappa shape index (κ3) is 7.01. The second-order valence-electron chi connectivity index (χ2n) is 10.3. The number of anilines is 1. The lowest BCUT2D eigenvalue weighted by molar-refractivity contribution is 0.109. The highest BCUT2D eigenvalue weighted by Gasteiger charge is 2.36. The number of carbonyl (C=O) groups is 2. The van der Waals surface area contributed by atoms with Gasteiger partial charge in [0, 0.05) is 34.7 Å². The van der Waals surface area contributed by atoms with E-state index in [1.54, 1.807) is 43.5 Å². The minimum absolute atomic E-state index is 0.0995. The summed E-state index contributed by atoms with van der Waals surface area (Å²) in [6.45, 7) is 7.19. The summed E-state index contributed by atoms with van der Waals surface area (Å²) in [5.74, 6) is 0.289. The molecular formula is C26H36N4O5S2. The minimum atomic E-state index is -3.03. The van der Waals surface area contributed by atoms with Crippen molar-refractivity contribution >= 4 is 38.9 Å². The van der Waals surface area contributed by atoms with E-state index in [0.29, 0.717) is 10.6 Å². The van der Waals surface area contributed by atoms with Gasteiger partial charge in [0.1, 0.15) is 0 Å². The number of ether oxygens (including phenoxy) is 2. The van der Waals surface area contributed by atoms with E-state index < -0.39 is 15.8 Å². The molecule has 2 aliphatic rings. The second-order valence-corrected chi connectivity index (χ2v) is 13.7. The Morgan fingerprint density at radius 3 is 2.30 bits per heavy atom. The predicted octanol–water partition coefficient (Wildman–Crippen LogP) is 6.50. The summed E-state index contributed by atoms with van der Waals surface area (Å²) in [5, 5.41) is 6.48. The molecule has 0 aliphatic heterocycles. The molecule has 4 rings (SSSR count). The Bertz CT molecular complexity index is 1230. The molecule has 0 spiro atoms. The average Bonchev–Trinajstić information content (AvgIpc) is 3.57. The molecule has 1 atom stereocenters. The van der Waals surface area contributed by atoms with E-state index in [9.17, 15) is 13.8 Å². The number of thiazole rings is 1. The van der Waals surface area contributed by atoms with E-state index in [4.69, 9.17) is 19.2 Å². The van der Waals surface area contributed by atoms with Gasteiger partial charge in [0.05, 0.1) is 36.7 Å². The Balaban J connectivity index is 1.50. The molecule has 1 unspecified atom stereocenters. The first-order valence-electron chi connectivity index (χ1n) is 12.9. The number of rotatable bonds is 8. The molecule has 2 aliphatic carbocycles. The maximum atomic E-state index is 13.5. The molecule has 0 saturated heterocycles. The van der Waals surface area contributed by atoms with Crippen LogP contribution < -0.4 is 10.6 Å². The van der Waals surface area contributed by atoms with E-state index >= 15 is 0 Å². The summed E-state index contributed by atoms with van der Waals surface area (Å²) < 4.78 is 32.6. The van der Waals surface area contributed by atoms with Crippen molar-refractivity contribution in [3.63, 3.8) is 0 Å². The summed E-state index contributed by atoms with van der Waals surface area (Å²) >= 11 is 1.56. The van der Waals surface area contributed by atoms with Gasteiger partial charge in [0.25, 0.3) is 0 Å². The van der Waals surface area contributed by atoms with Crippen LogP contribution >= 0.6 is 11.3 Å². The van der Waals surface area contributed by atoms with Crippen LogP contribution in [0.2, 0.25) is 0 Å². The quantitative estimate of drug-likeness (QED) is 0.345. The maximum Gasteiger partial charge on any atom is 0.411 e. The van der Waals surface area contributed by atoms with Gasteiger partial charge in [0.2, 0.25) is 0 Å². The van der Waals surface area contributed by atoms with E-state index in [1.807, 2.05) is 19.9 Å². The standard InChI is InChI=1S/C26H36N4O5S2/c1-15(2)34-25(31)29-18-7-5-17(6-8-18)24-28-14-22(36-24)21-12-9-19(30-26(32)35-16(3)4)13-23(21)37(27,33)20-10-11-20/h9,12-18,20,27H,5-8,10-11H2,1-4H3,(H,29,31)(H,30,32)/t17-,18-,37?. The number of nitrogens with one attached hydrogen (secondary N) is 3. The van der Waals surface area contributed by atoms with E-state index in [0.717, 1.165) is 54.0 Å². The van der Waals surface area contributed by atoms with Gasteiger partial charge in [-0.3, -0.25) is 5.32 Å². The molecule has 2 aromatic rings. The van der Waals surface area contributed by atoms with Crippen molar-refractivity contribution in [1.29, 1.82) is 4.78 Å². The highest BCUT2D eigenvalue weighted by molar-refractivity contribution is 7.93. The molecule has 9 nitrogen and oxygen atoms in total. The van der Waals surface area contributed by atoms with Crippen molar-refractivity contribution in [2.24, 2.45) is 0 Å². The maximum absolute atomic E-state index is 13.5. The molecule has 2 amide bonds. The zero-order valence-electron chi connectivity index (χ0n) is 21.7. The van der Waals surface area contributed by atoms with Crippen LogP contribution in [-0.2, 0) is 19.2 Å². The van der Waals surface area contributed by atoms with Gasteiger partial charge in [-0.05, 0) is 78.4 Å². The number of amides is 2. The van der Waals surface area contributed by atoms with Crippen LogP contribution in [0.1, 0.15) is 77.1 Å². The summed E-state index contributed by atoms with van der Waals surface area (Å²) in [6.07, 6.45) is 5.50. The summed E-state index contributed by atoms with van der Waals surface area (Å²) in [4.78, 5) is 30.0. The van der Waals surface area contributed by atoms with Crippen LogP contribution in [0, 0.1) is 4.78 Å². The Morgan fingerprint density at radius 1 is 1.03 bits per heavy atom. The number of nitrogens with zero attached hydrogens (tertiary/aromatic N) is 1. The lowest BCUT2D eigenvalue weighted by Crippen LogP contribution is -2.38. The van der Waals surface area contributed by atoms with Crippen molar-refractivity contribution in [2.45, 2.75) is 101 Å². The SMILES string of the molecule is CC(C)OC(=O)Nc1ccc(-c2cnc([C@H]3CC[C@H](NC(=O)OC(C)C)CC3)s2)c(S(=N)(=O)C2CC2)c1. The molecule has 11 heteroatoms. The van der Waals surface area contributed by atoms with E-state index in [1.165, 1.54) is 0 Å². The molecule has 1 aromatic carbocycles. The van der Waals surface area contributed by atoms with Gasteiger partial charge in [0.15, 0.2) is 0 Å². The van der Waals surface area contributed by atoms with Gasteiger partial charge in [-0.25, -0.2) is 23.6 Å². The first-order chi connectivity index (χ1) is 17.5. The molecule has 37 heavy (non-hydrogen) atoms. The fourth-order valence-electron chi connectivity index (χ4n) is 4.50. The largest absolute Gasteiger partial charge is 0.447 e. The minimum Gasteiger partial charge on any atom is -0.447 e. The molecule has 202 valence electrons. The smallest absolute Gasteiger partial charge is 0.411 e. The van der Waals surface area contributed by atoms with E-state index in [-0.39, 0.29) is 35.5 Å². The molecule has 0 radical (unpaired) electrons. The number of aromatic nitrogens is 1. The monoisotopic (exact) mass is 548 g/mol. The zero-order valence-corrected chi connectivity index (χ0v) is 23.4. The average molecular weight is 549 g/mol. The Morgan fingerprint density at radius 2 is 1.68 bits per heavy atom. The first kappa shape index (κ1) is 27.4. The molecular weight excluding hydrogens is 512 g/mol. The van der Waals surface area contributed by atoms with Crippen LogP contribution in [0.15, 0.2) is 29.3 Å². The Kier molecular flexibility index (Phi) is 8.42. The van der Waals surface area contributed by atoms with Gasteiger partial charge in [-0.2, -0.15) is 0 Å². The first-order valence-corrected chi connectivity index (χ1v) is 15.3. The third-order valence-corrected chi connectivity index (χ3v) is 10.0. The lowest BCUT2D eigenvalue weighted by Gasteiger charge is -2.28. The van der Waals surface area contributed by atoms with E-state index in [2.05, 4.69) is 10.6 Å². The van der Waals surface area contributed by atoms with Crippen molar-refractivity contribution in [3.05, 3.63) is 29.4 Å². The van der Waals surface area contributed by atoms with Crippen LogP contribution in [0.4, 0.5) is 15.3 Å². The van der Waals surface area contributed by atoms with Crippen LogP contribution in [-0.4, -0.2) is 44.9 Å². The molecule has 1 aromatic heterocycles. The number of benzene rings is 1. The van der Waals surface area contributed by atoms with Crippen LogP contribution in [0.3, 0.4) is 0 Å². The molecule has 0 bridgehead atoms. The van der Waals surface area contributed by atoms with Crippen molar-refractivity contribution < 1.29 is 23.3 Å². The number of alkyl carbamates (subject to hydrolysis) is 1. The number of carbonyl (C=O) groups excluding carboxylic acids is 2. The fraction of sp³-hybridized carbons (Fsp3) is 0.577. The Labute approximate surface area is 222 Å². The predicted molar refractivity (Wildman–Crippen MR) is 145 cm³/mol. The van der Waals surface area contributed by atoms with Gasteiger partial charge in [-0.15, -0.1) is 11.3 Å². The zero-order chi connectivity index (χ0) is 26.7. The highest BCUT2D eigenvalue weighted by atomic mass is 32.2. The second kappa shape index (κ2) is 11.4. The summed E-state index contributed by atoms with van der Waals surface area (Å²) in [5.41, 5.74) is 1.18. The van der Waals surface area contributed by atoms with Crippen molar-refractivity contribution in [2.75, 3.05) is 5.32 Å². The number of hydrogen-bond donors (Lipinski definition) is 3. The topological polar surface area (TPSA) is 130 Å².